The fourth-order valence-corrected chi connectivity index (χ4v) is 1.56. The van der Waals surface area contributed by atoms with Crippen LogP contribution < -0.4 is 5.56 Å². The molecule has 0 saturated carbocycles. The van der Waals surface area contributed by atoms with Gasteiger partial charge in [0.15, 0.2) is 5.82 Å². The zero-order valence-electron chi connectivity index (χ0n) is 7.10. The predicted octanol–water partition coefficient (Wildman–Crippen LogP) is 0.386. The SMILES string of the molecule is O=c1[nH]c(-c2cncs2)ncc1CO. The average Bonchev–Trinajstić information content (AvgIpc) is 2.70. The van der Waals surface area contributed by atoms with Crippen LogP contribution in [0, 0.1) is 0 Å². The number of hydrogen-bond acceptors (Lipinski definition) is 5. The number of thiazole rings is 1. The fourth-order valence-electron chi connectivity index (χ4n) is 0.992. The Kier molecular flexibility index (Phi) is 2.38. The van der Waals surface area contributed by atoms with Crippen molar-refractivity contribution in [1.29, 1.82) is 0 Å². The first kappa shape index (κ1) is 9.04. The van der Waals surface area contributed by atoms with Crippen molar-refractivity contribution in [3.63, 3.8) is 0 Å². The van der Waals surface area contributed by atoms with E-state index in [2.05, 4.69) is 15.0 Å². The molecule has 0 saturated heterocycles. The molecule has 2 heterocycles. The lowest BCUT2D eigenvalue weighted by atomic mass is 10.3. The molecule has 14 heavy (non-hydrogen) atoms. The van der Waals surface area contributed by atoms with Gasteiger partial charge < -0.3 is 10.1 Å². The van der Waals surface area contributed by atoms with Gasteiger partial charge in [-0.05, 0) is 0 Å². The molecule has 2 N–H and O–H groups in total. The van der Waals surface area contributed by atoms with E-state index in [4.69, 9.17) is 5.11 Å². The zero-order chi connectivity index (χ0) is 9.97. The normalized spacial score (nSPS) is 10.4. The maximum Gasteiger partial charge on any atom is 0.256 e. The molecule has 0 radical (unpaired) electrons. The molecule has 0 aliphatic carbocycles. The molecule has 2 rings (SSSR count). The second kappa shape index (κ2) is 3.69. The molecule has 2 aromatic heterocycles. The molecular weight excluding hydrogens is 202 g/mol. The number of aliphatic hydroxyl groups is 1. The van der Waals surface area contributed by atoms with E-state index >= 15 is 0 Å². The Morgan fingerprint density at radius 1 is 1.50 bits per heavy atom. The molecule has 0 aliphatic heterocycles. The van der Waals surface area contributed by atoms with Crippen LogP contribution in [0.25, 0.3) is 10.7 Å². The van der Waals surface area contributed by atoms with Crippen molar-refractivity contribution in [3.8, 4) is 10.7 Å². The summed E-state index contributed by atoms with van der Waals surface area (Å²) in [7, 11) is 0. The molecule has 0 atom stereocenters. The standard InChI is InChI=1S/C8H7N3O2S/c12-3-5-1-10-7(11-8(5)13)6-2-9-4-14-6/h1-2,4,12H,3H2,(H,10,11,13). The summed E-state index contributed by atoms with van der Waals surface area (Å²) >= 11 is 1.39. The molecule has 0 spiro atoms. The third-order valence-corrected chi connectivity index (χ3v) is 2.49. The first-order valence-corrected chi connectivity index (χ1v) is 4.77. The molecule has 2 aromatic rings. The first-order valence-electron chi connectivity index (χ1n) is 3.89. The predicted molar refractivity (Wildman–Crippen MR) is 51.9 cm³/mol. The molecule has 0 unspecified atom stereocenters. The Labute approximate surface area is 83.1 Å². The monoisotopic (exact) mass is 209 g/mol. The van der Waals surface area contributed by atoms with E-state index in [0.717, 1.165) is 4.88 Å². The largest absolute Gasteiger partial charge is 0.391 e. The first-order chi connectivity index (χ1) is 6.81. The molecule has 0 bridgehead atoms. The highest BCUT2D eigenvalue weighted by molar-refractivity contribution is 7.13. The van der Waals surface area contributed by atoms with Crippen LogP contribution in [-0.4, -0.2) is 20.1 Å². The van der Waals surface area contributed by atoms with Crippen molar-refractivity contribution >= 4 is 11.3 Å². The smallest absolute Gasteiger partial charge is 0.256 e. The lowest BCUT2D eigenvalue weighted by molar-refractivity contribution is 0.279. The number of nitrogens with one attached hydrogen (secondary N) is 1. The van der Waals surface area contributed by atoms with Gasteiger partial charge in [0.25, 0.3) is 5.56 Å². The Bertz CT molecular complexity index is 478. The van der Waals surface area contributed by atoms with Crippen LogP contribution in [0.3, 0.4) is 0 Å². The van der Waals surface area contributed by atoms with Gasteiger partial charge in [0.05, 0.1) is 22.6 Å². The van der Waals surface area contributed by atoms with Crippen molar-refractivity contribution < 1.29 is 5.11 Å². The third kappa shape index (κ3) is 1.57. The maximum absolute atomic E-state index is 11.3. The quantitative estimate of drug-likeness (QED) is 0.749. The summed E-state index contributed by atoms with van der Waals surface area (Å²) in [5.74, 6) is 0.481. The molecule has 5 nitrogen and oxygen atoms in total. The highest BCUT2D eigenvalue weighted by atomic mass is 32.1. The second-order valence-corrected chi connectivity index (χ2v) is 3.50. The van der Waals surface area contributed by atoms with Crippen LogP contribution in [0.15, 0.2) is 22.7 Å². The van der Waals surface area contributed by atoms with E-state index in [1.807, 2.05) is 0 Å². The average molecular weight is 209 g/mol. The molecule has 0 aromatic carbocycles. The van der Waals surface area contributed by atoms with Crippen LogP contribution in [0.5, 0.6) is 0 Å². The van der Waals surface area contributed by atoms with Crippen LogP contribution in [0.2, 0.25) is 0 Å². The van der Waals surface area contributed by atoms with Gasteiger partial charge in [0.1, 0.15) is 0 Å². The number of aromatic nitrogens is 3. The van der Waals surface area contributed by atoms with E-state index in [-0.39, 0.29) is 17.7 Å². The number of H-pyrrole nitrogens is 1. The Morgan fingerprint density at radius 2 is 2.36 bits per heavy atom. The van der Waals surface area contributed by atoms with Crippen LogP contribution in [0.4, 0.5) is 0 Å². The molecule has 0 fully saturated rings. The fraction of sp³-hybridized carbons (Fsp3) is 0.125. The van der Waals surface area contributed by atoms with E-state index in [1.165, 1.54) is 17.5 Å². The van der Waals surface area contributed by atoms with Gasteiger partial charge in [-0.25, -0.2) is 4.98 Å². The molecule has 0 amide bonds. The summed E-state index contributed by atoms with van der Waals surface area (Å²) in [6.07, 6.45) is 3.00. The van der Waals surface area contributed by atoms with Gasteiger partial charge >= 0.3 is 0 Å². The molecule has 0 aliphatic rings. The topological polar surface area (TPSA) is 78.9 Å². The zero-order valence-corrected chi connectivity index (χ0v) is 7.91. The van der Waals surface area contributed by atoms with Gasteiger partial charge in [-0.1, -0.05) is 0 Å². The second-order valence-electron chi connectivity index (χ2n) is 2.61. The van der Waals surface area contributed by atoms with Crippen molar-refractivity contribution in [2.75, 3.05) is 0 Å². The van der Waals surface area contributed by atoms with Gasteiger partial charge in [-0.15, -0.1) is 11.3 Å². The number of aliphatic hydroxyl groups excluding tert-OH is 1. The molecular formula is C8H7N3O2S. The van der Waals surface area contributed by atoms with Gasteiger partial charge in [-0.2, -0.15) is 0 Å². The number of aromatic amines is 1. The van der Waals surface area contributed by atoms with Crippen LogP contribution >= 0.6 is 11.3 Å². The number of hydrogen-bond donors (Lipinski definition) is 2. The summed E-state index contributed by atoms with van der Waals surface area (Å²) in [6, 6.07) is 0. The van der Waals surface area contributed by atoms with Crippen LogP contribution in [-0.2, 0) is 6.61 Å². The summed E-state index contributed by atoms with van der Waals surface area (Å²) in [5, 5.41) is 8.77. The Hall–Kier alpha value is -1.53. The van der Waals surface area contributed by atoms with Crippen LogP contribution in [0.1, 0.15) is 5.56 Å². The third-order valence-electron chi connectivity index (χ3n) is 1.71. The van der Waals surface area contributed by atoms with E-state index in [0.29, 0.717) is 5.82 Å². The molecule has 6 heteroatoms. The lowest BCUT2D eigenvalue weighted by Crippen LogP contribution is -2.13. The number of nitrogens with zero attached hydrogens (tertiary/aromatic N) is 2. The summed E-state index contributed by atoms with van der Waals surface area (Å²) < 4.78 is 0. The van der Waals surface area contributed by atoms with Crippen molar-refractivity contribution in [2.24, 2.45) is 0 Å². The lowest BCUT2D eigenvalue weighted by Gasteiger charge is -1.97. The Balaban J connectivity index is 2.48. The summed E-state index contributed by atoms with van der Waals surface area (Å²) in [5.41, 5.74) is 1.61. The van der Waals surface area contributed by atoms with Gasteiger partial charge in [-0.3, -0.25) is 9.78 Å². The van der Waals surface area contributed by atoms with Gasteiger partial charge in [0, 0.05) is 12.4 Å². The van der Waals surface area contributed by atoms with E-state index in [1.54, 1.807) is 11.7 Å². The van der Waals surface area contributed by atoms with E-state index < -0.39 is 0 Å². The highest BCUT2D eigenvalue weighted by Crippen LogP contribution is 2.16. The minimum Gasteiger partial charge on any atom is -0.391 e. The van der Waals surface area contributed by atoms with Crippen molar-refractivity contribution in [3.05, 3.63) is 33.8 Å². The van der Waals surface area contributed by atoms with Crippen molar-refractivity contribution in [2.45, 2.75) is 6.61 Å². The minimum atomic E-state index is -0.314. The summed E-state index contributed by atoms with van der Waals surface area (Å²) in [6.45, 7) is -0.300. The van der Waals surface area contributed by atoms with E-state index in [9.17, 15) is 4.79 Å². The van der Waals surface area contributed by atoms with Gasteiger partial charge in [0.2, 0.25) is 0 Å². The molecule has 72 valence electrons. The van der Waals surface area contributed by atoms with Crippen molar-refractivity contribution in [1.82, 2.24) is 15.0 Å². The number of rotatable bonds is 2. The Morgan fingerprint density at radius 3 is 2.93 bits per heavy atom. The summed E-state index contributed by atoms with van der Waals surface area (Å²) in [4.78, 5) is 22.6. The minimum absolute atomic E-state index is 0.262. The maximum atomic E-state index is 11.3. The highest BCUT2D eigenvalue weighted by Gasteiger charge is 2.04.